The summed E-state index contributed by atoms with van der Waals surface area (Å²) in [5.74, 6) is 0.902. The Morgan fingerprint density at radius 2 is 1.97 bits per heavy atom. The number of hydrogen-bond acceptors (Lipinski definition) is 7. The molecular formula is C20H28N6O3. The van der Waals surface area contributed by atoms with Gasteiger partial charge in [-0.25, -0.2) is 4.79 Å². The number of methoxy groups -OCH3 is 1. The number of aromatic amines is 1. The van der Waals surface area contributed by atoms with Crippen molar-refractivity contribution in [3.63, 3.8) is 0 Å². The first-order valence-electron chi connectivity index (χ1n) is 9.77. The first-order chi connectivity index (χ1) is 14.0. The van der Waals surface area contributed by atoms with Crippen LogP contribution in [0, 0.1) is 0 Å². The van der Waals surface area contributed by atoms with E-state index in [1.807, 2.05) is 19.1 Å². The Balaban J connectivity index is 1.98. The number of imidazole rings is 1. The summed E-state index contributed by atoms with van der Waals surface area (Å²) in [5, 5.41) is 0. The molecule has 0 bridgehead atoms. The van der Waals surface area contributed by atoms with Crippen molar-refractivity contribution in [1.82, 2.24) is 24.4 Å². The predicted octanol–water partition coefficient (Wildman–Crippen LogP) is 2.00. The molecular weight excluding hydrogens is 372 g/mol. The van der Waals surface area contributed by atoms with Gasteiger partial charge in [0.1, 0.15) is 11.3 Å². The molecule has 9 nitrogen and oxygen atoms in total. The average Bonchev–Trinajstić information content (AvgIpc) is 3.03. The molecule has 0 radical (unpaired) electrons. The molecule has 1 aromatic carbocycles. The van der Waals surface area contributed by atoms with Gasteiger partial charge in [-0.05, 0) is 31.6 Å². The van der Waals surface area contributed by atoms with Gasteiger partial charge in [0.2, 0.25) is 0 Å². The molecule has 0 amide bonds. The highest BCUT2D eigenvalue weighted by molar-refractivity contribution is 5.82. The lowest BCUT2D eigenvalue weighted by atomic mass is 10.1. The third-order valence-corrected chi connectivity index (χ3v) is 4.88. The normalized spacial score (nSPS) is 11.3. The summed E-state index contributed by atoms with van der Waals surface area (Å²) in [7, 11) is 1.63. The smallest absolute Gasteiger partial charge is 0.328 e. The summed E-state index contributed by atoms with van der Waals surface area (Å²) in [6, 6.07) is 6.21. The number of nitrogens with two attached hydrogens (primary N) is 1. The van der Waals surface area contributed by atoms with Crippen molar-refractivity contribution < 1.29 is 9.47 Å². The molecule has 0 aliphatic carbocycles. The number of nitrogens with zero attached hydrogens (tertiary/aromatic N) is 4. The van der Waals surface area contributed by atoms with E-state index in [1.54, 1.807) is 7.11 Å². The molecule has 3 rings (SSSR count). The van der Waals surface area contributed by atoms with Gasteiger partial charge >= 0.3 is 11.7 Å². The van der Waals surface area contributed by atoms with Crippen molar-refractivity contribution in [2.45, 2.75) is 33.9 Å². The highest BCUT2D eigenvalue weighted by atomic mass is 16.5. The summed E-state index contributed by atoms with van der Waals surface area (Å²) < 4.78 is 12.5. The monoisotopic (exact) mass is 400 g/mol. The maximum atomic E-state index is 12.5. The lowest BCUT2D eigenvalue weighted by Crippen LogP contribution is -2.22. The van der Waals surface area contributed by atoms with Crippen molar-refractivity contribution >= 4 is 17.0 Å². The average molecular weight is 400 g/mol. The molecule has 0 spiro atoms. The minimum atomic E-state index is -0.316. The van der Waals surface area contributed by atoms with Gasteiger partial charge in [0, 0.05) is 12.1 Å². The minimum absolute atomic E-state index is 0.145. The second kappa shape index (κ2) is 8.95. The maximum Gasteiger partial charge on any atom is 0.328 e. The topological polar surface area (TPSA) is 111 Å². The Morgan fingerprint density at radius 1 is 1.21 bits per heavy atom. The van der Waals surface area contributed by atoms with Gasteiger partial charge < -0.3 is 20.2 Å². The zero-order valence-corrected chi connectivity index (χ0v) is 17.4. The van der Waals surface area contributed by atoms with E-state index >= 15 is 0 Å². The maximum absolute atomic E-state index is 12.5. The third kappa shape index (κ3) is 4.34. The molecule has 0 aliphatic rings. The number of anilines is 1. The van der Waals surface area contributed by atoms with Crippen LogP contribution in [0.1, 0.15) is 31.9 Å². The highest BCUT2D eigenvalue weighted by Crippen LogP contribution is 2.24. The van der Waals surface area contributed by atoms with Crippen LogP contribution in [0.5, 0.6) is 11.8 Å². The Bertz CT molecular complexity index is 1040. The lowest BCUT2D eigenvalue weighted by Gasteiger charge is -2.19. The van der Waals surface area contributed by atoms with E-state index in [9.17, 15) is 4.79 Å². The fourth-order valence-electron chi connectivity index (χ4n) is 3.26. The van der Waals surface area contributed by atoms with Crippen molar-refractivity contribution in [1.29, 1.82) is 0 Å². The summed E-state index contributed by atoms with van der Waals surface area (Å²) >= 11 is 0. The fourth-order valence-corrected chi connectivity index (χ4v) is 3.26. The number of hydrogen-bond donors (Lipinski definition) is 2. The van der Waals surface area contributed by atoms with E-state index in [-0.39, 0.29) is 24.1 Å². The molecule has 0 atom stereocenters. The Kier molecular flexibility index (Phi) is 6.38. The molecule has 0 aliphatic heterocycles. The summed E-state index contributed by atoms with van der Waals surface area (Å²) in [6.07, 6.45) is 0. The molecule has 9 heteroatoms. The third-order valence-electron chi connectivity index (χ3n) is 4.88. The van der Waals surface area contributed by atoms with Crippen LogP contribution < -0.4 is 20.9 Å². The van der Waals surface area contributed by atoms with Gasteiger partial charge in [-0.1, -0.05) is 26.0 Å². The molecule has 3 aromatic rings. The summed E-state index contributed by atoms with van der Waals surface area (Å²) in [5.41, 5.74) is 8.48. The first-order valence-corrected chi connectivity index (χ1v) is 9.77. The van der Waals surface area contributed by atoms with E-state index < -0.39 is 0 Å². The molecule has 156 valence electrons. The number of nitrogens with one attached hydrogen (secondary N) is 1. The quantitative estimate of drug-likeness (QED) is 0.565. The van der Waals surface area contributed by atoms with Crippen LogP contribution in [-0.4, -0.2) is 51.2 Å². The number of H-pyrrole nitrogens is 1. The van der Waals surface area contributed by atoms with Gasteiger partial charge in [0.05, 0.1) is 20.3 Å². The molecule has 0 saturated heterocycles. The number of aromatic nitrogens is 4. The van der Waals surface area contributed by atoms with E-state index in [1.165, 1.54) is 4.57 Å². The number of fused-ring (bicyclic) bond motifs is 1. The van der Waals surface area contributed by atoms with Crippen molar-refractivity contribution in [2.75, 3.05) is 32.5 Å². The highest BCUT2D eigenvalue weighted by Gasteiger charge is 2.16. The van der Waals surface area contributed by atoms with Crippen LogP contribution in [0.15, 0.2) is 23.0 Å². The molecule has 3 N–H and O–H groups in total. The molecule has 0 fully saturated rings. The van der Waals surface area contributed by atoms with Gasteiger partial charge in [0.15, 0.2) is 11.5 Å². The van der Waals surface area contributed by atoms with E-state index in [0.717, 1.165) is 36.5 Å². The second-order valence-electron chi connectivity index (χ2n) is 6.65. The van der Waals surface area contributed by atoms with Crippen LogP contribution in [0.2, 0.25) is 0 Å². The Hall–Kier alpha value is -3.07. The van der Waals surface area contributed by atoms with Crippen LogP contribution in [0.3, 0.4) is 0 Å². The SMILES string of the molecule is CCOc1nc(N)c2[nH]c(=O)n(Cc3ccc(CN(CC)CC)cc3OC)c2n1. The largest absolute Gasteiger partial charge is 0.496 e. The zero-order chi connectivity index (χ0) is 21.0. The molecule has 2 heterocycles. The molecule has 0 saturated carbocycles. The van der Waals surface area contributed by atoms with Crippen LogP contribution in [-0.2, 0) is 13.1 Å². The zero-order valence-electron chi connectivity index (χ0n) is 17.4. The van der Waals surface area contributed by atoms with Gasteiger partial charge in [-0.3, -0.25) is 9.47 Å². The lowest BCUT2D eigenvalue weighted by molar-refractivity contribution is 0.295. The van der Waals surface area contributed by atoms with E-state index in [2.05, 4.69) is 39.8 Å². The standard InChI is InChI=1S/C20H28N6O3/c1-5-25(6-2)11-13-8-9-14(15(10-13)28-4)12-26-18-16(22-20(26)27)17(21)23-19(24-18)29-7-3/h8-10H,5-7,11-12H2,1-4H3,(H,22,27)(H2,21,23,24). The van der Waals surface area contributed by atoms with Crippen molar-refractivity contribution in [3.05, 3.63) is 39.8 Å². The second-order valence-corrected chi connectivity index (χ2v) is 6.65. The van der Waals surface area contributed by atoms with Crippen molar-refractivity contribution in [2.24, 2.45) is 0 Å². The fraction of sp³-hybridized carbons (Fsp3) is 0.450. The number of nitrogen functional groups attached to an aromatic ring is 1. The van der Waals surface area contributed by atoms with Gasteiger partial charge in [-0.2, -0.15) is 9.97 Å². The van der Waals surface area contributed by atoms with E-state index in [4.69, 9.17) is 15.2 Å². The van der Waals surface area contributed by atoms with Crippen LogP contribution >= 0.6 is 0 Å². The summed E-state index contributed by atoms with van der Waals surface area (Å²) in [6.45, 7) is 9.61. The Labute approximate surface area is 169 Å². The Morgan fingerprint density at radius 3 is 2.62 bits per heavy atom. The predicted molar refractivity (Wildman–Crippen MR) is 112 cm³/mol. The van der Waals surface area contributed by atoms with Crippen LogP contribution in [0.25, 0.3) is 11.2 Å². The number of rotatable bonds is 9. The molecule has 29 heavy (non-hydrogen) atoms. The summed E-state index contributed by atoms with van der Waals surface area (Å²) in [4.78, 5) is 26.0. The molecule has 2 aromatic heterocycles. The first kappa shape index (κ1) is 20.7. The van der Waals surface area contributed by atoms with Gasteiger partial charge in [-0.15, -0.1) is 0 Å². The minimum Gasteiger partial charge on any atom is -0.496 e. The number of ether oxygens (including phenoxy) is 2. The van der Waals surface area contributed by atoms with Crippen LogP contribution in [0.4, 0.5) is 5.82 Å². The molecule has 0 unspecified atom stereocenters. The van der Waals surface area contributed by atoms with E-state index in [0.29, 0.717) is 17.8 Å². The number of benzene rings is 1. The van der Waals surface area contributed by atoms with Crippen molar-refractivity contribution in [3.8, 4) is 11.8 Å². The van der Waals surface area contributed by atoms with Gasteiger partial charge in [0.25, 0.3) is 0 Å².